The molecule has 0 radical (unpaired) electrons. The Labute approximate surface area is 70.4 Å². The van der Waals surface area contributed by atoms with Gasteiger partial charge in [-0.05, 0) is 12.8 Å². The summed E-state index contributed by atoms with van der Waals surface area (Å²) >= 11 is 0. The summed E-state index contributed by atoms with van der Waals surface area (Å²) in [5.74, 6) is -1.01. The third kappa shape index (κ3) is 1.97. The number of aliphatic carboxylic acids is 1. The van der Waals surface area contributed by atoms with E-state index in [1.807, 2.05) is 0 Å². The summed E-state index contributed by atoms with van der Waals surface area (Å²) in [6.45, 7) is 0. The van der Waals surface area contributed by atoms with Gasteiger partial charge in [0, 0.05) is 6.04 Å². The van der Waals surface area contributed by atoms with Gasteiger partial charge in [0.1, 0.15) is 0 Å². The van der Waals surface area contributed by atoms with Gasteiger partial charge in [-0.25, -0.2) is 0 Å². The molecule has 0 saturated heterocycles. The molecule has 0 bridgehead atoms. The molecular formula is C6H11CuNO2+. The fourth-order valence-electron chi connectivity index (χ4n) is 1.30. The Bertz CT molecular complexity index is 129. The minimum absolute atomic E-state index is 0. The molecule has 62 valence electrons. The van der Waals surface area contributed by atoms with Crippen molar-refractivity contribution in [3.05, 3.63) is 0 Å². The maximum absolute atomic E-state index is 10.3. The van der Waals surface area contributed by atoms with Crippen molar-refractivity contribution in [1.29, 1.82) is 0 Å². The first-order valence-electron chi connectivity index (χ1n) is 3.20. The van der Waals surface area contributed by atoms with Crippen LogP contribution in [0.3, 0.4) is 0 Å². The zero-order valence-electron chi connectivity index (χ0n) is 5.51. The fourth-order valence-corrected chi connectivity index (χ4v) is 1.30. The molecule has 0 aliphatic heterocycles. The third-order valence-electron chi connectivity index (χ3n) is 1.89. The smallest absolute Gasteiger partial charge is 0.481 e. The molecule has 1 fully saturated rings. The summed E-state index contributed by atoms with van der Waals surface area (Å²) in [7, 11) is 0. The van der Waals surface area contributed by atoms with E-state index in [4.69, 9.17) is 10.8 Å². The molecule has 0 aromatic heterocycles. The van der Waals surface area contributed by atoms with Gasteiger partial charge in [0.2, 0.25) is 0 Å². The van der Waals surface area contributed by atoms with Crippen LogP contribution < -0.4 is 5.73 Å². The Kier molecular flexibility index (Phi) is 3.94. The topological polar surface area (TPSA) is 63.3 Å². The average Bonchev–Trinajstić information content (AvgIpc) is 2.13. The number of nitrogens with two attached hydrogens (primary N) is 1. The number of hydrogen-bond donors (Lipinski definition) is 2. The zero-order valence-corrected chi connectivity index (χ0v) is 6.45. The van der Waals surface area contributed by atoms with Crippen molar-refractivity contribution in [3.8, 4) is 0 Å². The standard InChI is InChI=1S/C6H11NO2.Cu/c7-5-3-1-2-4(5)6(8)9;/h4-5H,1-3,7H2,(H,8,9);/q;+1. The summed E-state index contributed by atoms with van der Waals surface area (Å²) in [5, 5.41) is 8.50. The molecular weight excluding hydrogens is 182 g/mol. The Hall–Kier alpha value is -0.0505. The molecule has 0 aromatic rings. The summed E-state index contributed by atoms with van der Waals surface area (Å²) in [6.07, 6.45) is 2.60. The van der Waals surface area contributed by atoms with Gasteiger partial charge in [-0.2, -0.15) is 0 Å². The monoisotopic (exact) mass is 192 g/mol. The molecule has 0 aromatic carbocycles. The Morgan fingerprint density at radius 3 is 2.30 bits per heavy atom. The molecule has 0 heterocycles. The predicted molar refractivity (Wildman–Crippen MR) is 33.0 cm³/mol. The molecule has 3 N–H and O–H groups in total. The third-order valence-corrected chi connectivity index (χ3v) is 1.89. The molecule has 2 atom stereocenters. The van der Waals surface area contributed by atoms with Crippen molar-refractivity contribution in [2.75, 3.05) is 0 Å². The molecule has 1 rings (SSSR count). The number of rotatable bonds is 1. The predicted octanol–water partition coefficient (Wildman–Crippen LogP) is 0.196. The number of hydrogen-bond acceptors (Lipinski definition) is 2. The molecule has 1 aliphatic rings. The van der Waals surface area contributed by atoms with Crippen molar-refractivity contribution in [1.82, 2.24) is 0 Å². The van der Waals surface area contributed by atoms with E-state index in [1.165, 1.54) is 0 Å². The SMILES string of the molecule is NC1CCCC1C(=O)O.[Cu+]. The van der Waals surface area contributed by atoms with Crippen molar-refractivity contribution < 1.29 is 27.0 Å². The van der Waals surface area contributed by atoms with E-state index in [0.717, 1.165) is 19.3 Å². The molecule has 0 amide bonds. The van der Waals surface area contributed by atoms with Gasteiger partial charge < -0.3 is 10.8 Å². The molecule has 10 heavy (non-hydrogen) atoms. The Balaban J connectivity index is 0.000000810. The summed E-state index contributed by atoms with van der Waals surface area (Å²) in [6, 6.07) is -0.0949. The van der Waals surface area contributed by atoms with E-state index in [0.29, 0.717) is 0 Å². The minimum atomic E-state index is -0.736. The van der Waals surface area contributed by atoms with E-state index in [2.05, 4.69) is 0 Å². The first-order chi connectivity index (χ1) is 4.22. The van der Waals surface area contributed by atoms with Crippen molar-refractivity contribution >= 4 is 5.97 Å². The van der Waals surface area contributed by atoms with Gasteiger partial charge in [0.05, 0.1) is 5.92 Å². The van der Waals surface area contributed by atoms with Crippen LogP contribution in [0.5, 0.6) is 0 Å². The largest absolute Gasteiger partial charge is 1.00 e. The van der Waals surface area contributed by atoms with E-state index >= 15 is 0 Å². The number of carboxylic acid groups (broad SMARTS) is 1. The summed E-state index contributed by atoms with van der Waals surface area (Å²) in [5.41, 5.74) is 5.50. The zero-order chi connectivity index (χ0) is 6.85. The van der Waals surface area contributed by atoms with Gasteiger partial charge in [-0.1, -0.05) is 6.42 Å². The minimum Gasteiger partial charge on any atom is -0.481 e. The maximum atomic E-state index is 10.3. The van der Waals surface area contributed by atoms with Crippen LogP contribution in [0.25, 0.3) is 0 Å². The van der Waals surface area contributed by atoms with Crippen molar-refractivity contribution in [2.45, 2.75) is 25.3 Å². The van der Waals surface area contributed by atoms with Crippen LogP contribution in [0.15, 0.2) is 0 Å². The molecule has 1 aliphatic carbocycles. The summed E-state index contributed by atoms with van der Waals surface area (Å²) in [4.78, 5) is 10.3. The van der Waals surface area contributed by atoms with Crippen molar-refractivity contribution in [2.24, 2.45) is 11.7 Å². The van der Waals surface area contributed by atoms with Gasteiger partial charge >= 0.3 is 23.0 Å². The van der Waals surface area contributed by atoms with Crippen LogP contribution >= 0.6 is 0 Å². The number of carbonyl (C=O) groups is 1. The van der Waals surface area contributed by atoms with Crippen LogP contribution in [0.2, 0.25) is 0 Å². The van der Waals surface area contributed by atoms with Crippen LogP contribution in [0.1, 0.15) is 19.3 Å². The van der Waals surface area contributed by atoms with Crippen LogP contribution in [0.4, 0.5) is 0 Å². The van der Waals surface area contributed by atoms with Crippen LogP contribution in [0, 0.1) is 5.92 Å². The second-order valence-electron chi connectivity index (χ2n) is 2.54. The normalized spacial score (nSPS) is 31.3. The first kappa shape index (κ1) is 9.95. The van der Waals surface area contributed by atoms with Gasteiger partial charge in [0.25, 0.3) is 0 Å². The van der Waals surface area contributed by atoms with Crippen LogP contribution in [-0.2, 0) is 21.9 Å². The second-order valence-corrected chi connectivity index (χ2v) is 2.54. The Morgan fingerprint density at radius 1 is 1.50 bits per heavy atom. The molecule has 1 saturated carbocycles. The van der Waals surface area contributed by atoms with Gasteiger partial charge in [0.15, 0.2) is 0 Å². The molecule has 2 unspecified atom stereocenters. The summed E-state index contributed by atoms with van der Waals surface area (Å²) < 4.78 is 0. The second kappa shape index (κ2) is 3.96. The molecule has 0 spiro atoms. The fraction of sp³-hybridized carbons (Fsp3) is 0.833. The molecule has 4 heteroatoms. The molecule has 3 nitrogen and oxygen atoms in total. The van der Waals surface area contributed by atoms with Crippen LogP contribution in [-0.4, -0.2) is 17.1 Å². The quantitative estimate of drug-likeness (QED) is 0.584. The first-order valence-corrected chi connectivity index (χ1v) is 3.20. The van der Waals surface area contributed by atoms with E-state index < -0.39 is 5.97 Å². The number of carboxylic acids is 1. The average molecular weight is 193 g/mol. The van der Waals surface area contributed by atoms with E-state index in [1.54, 1.807) is 0 Å². The Morgan fingerprint density at radius 2 is 2.10 bits per heavy atom. The van der Waals surface area contributed by atoms with Gasteiger partial charge in [-0.15, -0.1) is 0 Å². The van der Waals surface area contributed by atoms with E-state index in [-0.39, 0.29) is 29.0 Å². The van der Waals surface area contributed by atoms with Crippen molar-refractivity contribution in [3.63, 3.8) is 0 Å². The van der Waals surface area contributed by atoms with Gasteiger partial charge in [-0.3, -0.25) is 4.79 Å². The van der Waals surface area contributed by atoms with E-state index in [9.17, 15) is 4.79 Å². The maximum Gasteiger partial charge on any atom is 1.00 e.